The van der Waals surface area contributed by atoms with Crippen LogP contribution in [-0.2, 0) is 5.21 Å². The summed E-state index contributed by atoms with van der Waals surface area (Å²) in [6, 6.07) is 0. The Morgan fingerprint density at radius 1 is 1.17 bits per heavy atom. The molecule has 0 aliphatic carbocycles. The van der Waals surface area contributed by atoms with Crippen LogP contribution in [-0.4, -0.2) is 16.1 Å². The molecule has 0 saturated carbocycles. The minimum atomic E-state index is -0.334. The first kappa shape index (κ1) is 9.75. The van der Waals surface area contributed by atoms with Gasteiger partial charge in [0.1, 0.15) is 0 Å². The minimum Gasteiger partial charge on any atom is -0.136 e. The highest BCUT2D eigenvalue weighted by atomic mass is 16.5. The van der Waals surface area contributed by atoms with E-state index in [-0.39, 0.29) is 11.1 Å². The molecule has 12 heavy (non-hydrogen) atoms. The summed E-state index contributed by atoms with van der Waals surface area (Å²) in [6.45, 7) is 10.1. The average Bonchev–Trinajstić information content (AvgIpc) is 2.15. The Hall–Kier alpha value is -0.340. The van der Waals surface area contributed by atoms with Gasteiger partial charge in [0.2, 0.25) is 0 Å². The van der Waals surface area contributed by atoms with Crippen LogP contribution in [0, 0.1) is 5.92 Å². The van der Waals surface area contributed by atoms with Gasteiger partial charge >= 0.3 is 0 Å². The van der Waals surface area contributed by atoms with Crippen molar-refractivity contribution in [3.8, 4) is 0 Å². The van der Waals surface area contributed by atoms with Gasteiger partial charge in [-0.25, -0.2) is 0 Å². The molecule has 0 amide bonds. The summed E-state index contributed by atoms with van der Waals surface area (Å²) in [5.74, 6) is 0.355. The van der Waals surface area contributed by atoms with Gasteiger partial charge in [-0.1, -0.05) is 26.0 Å². The lowest BCUT2D eigenvalue weighted by Crippen LogP contribution is -2.50. The van der Waals surface area contributed by atoms with E-state index < -0.39 is 0 Å². The molecule has 1 radical (unpaired) electrons. The van der Waals surface area contributed by atoms with Gasteiger partial charge in [-0.05, 0) is 26.7 Å². The molecule has 1 atom stereocenters. The van der Waals surface area contributed by atoms with Crippen molar-refractivity contribution in [2.45, 2.75) is 45.7 Å². The van der Waals surface area contributed by atoms with Crippen molar-refractivity contribution in [2.24, 2.45) is 5.92 Å². The highest BCUT2D eigenvalue weighted by molar-refractivity contribution is 5.20. The van der Waals surface area contributed by atoms with Gasteiger partial charge in [0.15, 0.2) is 0 Å². The van der Waals surface area contributed by atoms with Crippen LogP contribution in [0.1, 0.15) is 34.6 Å². The molecule has 0 saturated heterocycles. The van der Waals surface area contributed by atoms with Crippen LogP contribution in [0.3, 0.4) is 0 Å². The van der Waals surface area contributed by atoms with E-state index in [4.69, 9.17) is 0 Å². The maximum absolute atomic E-state index is 11.8. The molecule has 0 aromatic rings. The molecule has 2 nitrogen and oxygen atoms in total. The predicted octanol–water partition coefficient (Wildman–Crippen LogP) is 2.40. The van der Waals surface area contributed by atoms with E-state index in [1.807, 2.05) is 32.9 Å². The summed E-state index contributed by atoms with van der Waals surface area (Å²) in [7, 11) is 0. The standard InChI is InChI=1S/C10H18NO/c1-8(2)10(5)7-6-9(3,4)11(10)12/h6-8H,1-5H3. The Morgan fingerprint density at radius 3 is 1.83 bits per heavy atom. The van der Waals surface area contributed by atoms with Crippen molar-refractivity contribution in [1.29, 1.82) is 0 Å². The molecule has 0 N–H and O–H groups in total. The van der Waals surface area contributed by atoms with Gasteiger partial charge in [-0.3, -0.25) is 0 Å². The topological polar surface area (TPSA) is 23.1 Å². The Kier molecular flexibility index (Phi) is 2.09. The van der Waals surface area contributed by atoms with Crippen LogP contribution in [0.25, 0.3) is 0 Å². The van der Waals surface area contributed by atoms with Gasteiger partial charge in [0.25, 0.3) is 0 Å². The fraction of sp³-hybridized carbons (Fsp3) is 0.800. The Morgan fingerprint density at radius 2 is 1.67 bits per heavy atom. The lowest BCUT2D eigenvalue weighted by atomic mass is 9.89. The van der Waals surface area contributed by atoms with Crippen molar-refractivity contribution >= 4 is 0 Å². The number of rotatable bonds is 1. The van der Waals surface area contributed by atoms with Gasteiger partial charge in [-0.2, -0.15) is 0 Å². The van der Waals surface area contributed by atoms with E-state index in [1.54, 1.807) is 0 Å². The largest absolute Gasteiger partial charge is 0.136 e. The Bertz CT molecular complexity index is 208. The van der Waals surface area contributed by atoms with Gasteiger partial charge < -0.3 is 0 Å². The summed E-state index contributed by atoms with van der Waals surface area (Å²) >= 11 is 0. The SMILES string of the molecule is CC(C)C1(C)C=CC(C)(C)N1[O]. The molecule has 1 aliphatic heterocycles. The maximum Gasteiger partial charge on any atom is 0.0678 e. The Balaban J connectivity index is 2.94. The van der Waals surface area contributed by atoms with Crippen LogP contribution in [0.5, 0.6) is 0 Å². The van der Waals surface area contributed by atoms with Gasteiger partial charge in [0.05, 0.1) is 11.1 Å². The van der Waals surface area contributed by atoms with E-state index in [0.717, 1.165) is 0 Å². The molecule has 2 heteroatoms. The van der Waals surface area contributed by atoms with E-state index in [0.29, 0.717) is 5.92 Å². The zero-order valence-electron chi connectivity index (χ0n) is 8.59. The lowest BCUT2D eigenvalue weighted by molar-refractivity contribution is -0.250. The molecular formula is C10H18NO. The third kappa shape index (κ3) is 1.19. The quantitative estimate of drug-likeness (QED) is 0.551. The fourth-order valence-electron chi connectivity index (χ4n) is 1.56. The summed E-state index contributed by atoms with van der Waals surface area (Å²) in [5, 5.41) is 13.0. The van der Waals surface area contributed by atoms with E-state index in [9.17, 15) is 5.21 Å². The van der Waals surface area contributed by atoms with Crippen molar-refractivity contribution in [3.63, 3.8) is 0 Å². The molecular weight excluding hydrogens is 150 g/mol. The maximum atomic E-state index is 11.8. The molecule has 1 aliphatic rings. The van der Waals surface area contributed by atoms with Crippen LogP contribution in [0.2, 0.25) is 0 Å². The summed E-state index contributed by atoms with van der Waals surface area (Å²) in [6.07, 6.45) is 4.03. The van der Waals surface area contributed by atoms with Crippen molar-refractivity contribution in [2.75, 3.05) is 0 Å². The van der Waals surface area contributed by atoms with Crippen molar-refractivity contribution in [3.05, 3.63) is 12.2 Å². The second-order valence-corrected chi connectivity index (χ2v) is 4.66. The molecule has 0 aromatic heterocycles. The number of hydroxylamine groups is 2. The number of hydrogen-bond donors (Lipinski definition) is 0. The second kappa shape index (κ2) is 2.57. The zero-order chi connectivity index (χ0) is 9.57. The third-order valence-corrected chi connectivity index (χ3v) is 2.96. The monoisotopic (exact) mass is 168 g/mol. The highest BCUT2D eigenvalue weighted by Gasteiger charge is 2.45. The third-order valence-electron chi connectivity index (χ3n) is 2.96. The van der Waals surface area contributed by atoms with Gasteiger partial charge in [-0.15, -0.1) is 10.3 Å². The molecule has 1 heterocycles. The molecule has 0 fully saturated rings. The van der Waals surface area contributed by atoms with Crippen molar-refractivity contribution in [1.82, 2.24) is 5.06 Å². The van der Waals surface area contributed by atoms with Crippen molar-refractivity contribution < 1.29 is 5.21 Å². The molecule has 69 valence electrons. The van der Waals surface area contributed by atoms with E-state index in [1.165, 1.54) is 5.06 Å². The van der Waals surface area contributed by atoms with Crippen LogP contribution in [0.15, 0.2) is 12.2 Å². The van der Waals surface area contributed by atoms with Crippen LogP contribution < -0.4 is 0 Å². The normalized spacial score (nSPS) is 34.9. The molecule has 0 aromatic carbocycles. The zero-order valence-corrected chi connectivity index (χ0v) is 8.59. The predicted molar refractivity (Wildman–Crippen MR) is 49.0 cm³/mol. The molecule has 1 unspecified atom stereocenters. The van der Waals surface area contributed by atoms with E-state index in [2.05, 4.69) is 13.8 Å². The first-order valence-electron chi connectivity index (χ1n) is 4.48. The summed E-state index contributed by atoms with van der Waals surface area (Å²) in [5.41, 5.74) is -0.650. The smallest absolute Gasteiger partial charge is 0.0678 e. The lowest BCUT2D eigenvalue weighted by Gasteiger charge is -2.37. The first-order valence-corrected chi connectivity index (χ1v) is 4.48. The average molecular weight is 168 g/mol. The first-order chi connectivity index (χ1) is 5.31. The number of hydrogen-bond acceptors (Lipinski definition) is 1. The minimum absolute atomic E-state index is 0.316. The summed E-state index contributed by atoms with van der Waals surface area (Å²) < 4.78 is 0. The molecule has 0 spiro atoms. The van der Waals surface area contributed by atoms with Gasteiger partial charge in [0, 0.05) is 0 Å². The Labute approximate surface area is 74.8 Å². The fourth-order valence-corrected chi connectivity index (χ4v) is 1.56. The second-order valence-electron chi connectivity index (χ2n) is 4.66. The summed E-state index contributed by atoms with van der Waals surface area (Å²) in [4.78, 5) is 0. The van der Waals surface area contributed by atoms with E-state index >= 15 is 0 Å². The number of nitrogens with zero attached hydrogens (tertiary/aromatic N) is 1. The van der Waals surface area contributed by atoms with Crippen LogP contribution >= 0.6 is 0 Å². The van der Waals surface area contributed by atoms with Crippen LogP contribution in [0.4, 0.5) is 0 Å². The highest BCUT2D eigenvalue weighted by Crippen LogP contribution is 2.37. The molecule has 0 bridgehead atoms. The molecule has 1 rings (SSSR count).